The summed E-state index contributed by atoms with van der Waals surface area (Å²) in [5, 5.41) is 24.7. The minimum atomic E-state index is -0.341. The Morgan fingerprint density at radius 2 is 1.97 bits per heavy atom. The zero-order valence-corrected chi connectivity index (χ0v) is 18.2. The predicted octanol–water partition coefficient (Wildman–Crippen LogP) is 2.01. The monoisotopic (exact) mass is 459 g/mol. The summed E-state index contributed by atoms with van der Waals surface area (Å²) in [6.07, 6.45) is 0. The highest BCUT2D eigenvalue weighted by molar-refractivity contribution is 7.98. The quantitative estimate of drug-likeness (QED) is 0.317. The summed E-state index contributed by atoms with van der Waals surface area (Å²) >= 11 is 2.51. The second kappa shape index (κ2) is 8.81. The van der Waals surface area contributed by atoms with Gasteiger partial charge < -0.3 is 11.2 Å². The Kier molecular flexibility index (Phi) is 5.95. The first-order chi connectivity index (χ1) is 14.9. The van der Waals surface area contributed by atoms with E-state index in [9.17, 15) is 9.18 Å². The Morgan fingerprint density at radius 1 is 1.19 bits per heavy atom. The maximum absolute atomic E-state index is 13.0. The van der Waals surface area contributed by atoms with Crippen LogP contribution in [0.1, 0.15) is 31.8 Å². The molecule has 13 heteroatoms. The first-order valence-electron chi connectivity index (χ1n) is 9.12. The summed E-state index contributed by atoms with van der Waals surface area (Å²) in [7, 11) is 0. The molecule has 4 aromatic rings. The van der Waals surface area contributed by atoms with Crippen LogP contribution in [0.15, 0.2) is 35.5 Å². The van der Waals surface area contributed by atoms with Crippen molar-refractivity contribution in [2.75, 3.05) is 5.84 Å². The number of benzene rings is 1. The van der Waals surface area contributed by atoms with E-state index in [2.05, 4.69) is 30.8 Å². The Bertz CT molecular complexity index is 1220. The number of thioether (sulfide) groups is 1. The summed E-state index contributed by atoms with van der Waals surface area (Å²) in [5.74, 6) is 6.30. The van der Waals surface area contributed by atoms with Crippen LogP contribution in [0.2, 0.25) is 0 Å². The van der Waals surface area contributed by atoms with Gasteiger partial charge in [-0.25, -0.2) is 13.7 Å². The van der Waals surface area contributed by atoms with Crippen LogP contribution < -0.4 is 11.2 Å². The van der Waals surface area contributed by atoms with Crippen molar-refractivity contribution in [2.45, 2.75) is 31.3 Å². The number of hydrogen-bond donors (Lipinski definition) is 2. The van der Waals surface area contributed by atoms with Crippen LogP contribution in [0, 0.1) is 19.7 Å². The predicted molar refractivity (Wildman–Crippen MR) is 114 cm³/mol. The standard InChI is InChI=1S/C18H18FN9OS2/c1-10-7-11(2)28(26-10)17-24-25-18(27(17)20)30-9-14-22-23-16(31-14)15(29)21-8-12-3-5-13(19)6-4-12/h3-7H,8-9,20H2,1-2H3,(H,21,29). The summed E-state index contributed by atoms with van der Waals surface area (Å²) in [4.78, 5) is 12.3. The van der Waals surface area contributed by atoms with E-state index >= 15 is 0 Å². The fourth-order valence-electron chi connectivity index (χ4n) is 2.73. The number of amides is 1. The van der Waals surface area contributed by atoms with Gasteiger partial charge in [-0.3, -0.25) is 4.79 Å². The Labute approximate surface area is 184 Å². The number of rotatable bonds is 7. The molecule has 0 saturated carbocycles. The molecule has 4 rings (SSSR count). The average Bonchev–Trinajstić information content (AvgIpc) is 3.44. The van der Waals surface area contributed by atoms with Crippen molar-refractivity contribution in [1.82, 2.24) is 40.2 Å². The number of nitrogen functional groups attached to an aromatic ring is 1. The van der Waals surface area contributed by atoms with Crippen LogP contribution in [0.3, 0.4) is 0 Å². The molecule has 31 heavy (non-hydrogen) atoms. The normalized spacial score (nSPS) is 11.1. The van der Waals surface area contributed by atoms with E-state index in [0.717, 1.165) is 17.0 Å². The number of carbonyl (C=O) groups excluding carboxylic acids is 1. The van der Waals surface area contributed by atoms with Gasteiger partial charge in [0, 0.05) is 12.2 Å². The molecule has 0 aliphatic heterocycles. The molecule has 3 heterocycles. The van der Waals surface area contributed by atoms with E-state index < -0.39 is 0 Å². The third-order valence-electron chi connectivity index (χ3n) is 4.20. The van der Waals surface area contributed by atoms with Crippen LogP contribution in [-0.2, 0) is 12.3 Å². The topological polar surface area (TPSA) is 129 Å². The molecule has 0 unspecified atom stereocenters. The van der Waals surface area contributed by atoms with Gasteiger partial charge in [0.05, 0.1) is 11.4 Å². The molecule has 0 aliphatic rings. The summed E-state index contributed by atoms with van der Waals surface area (Å²) in [6.45, 7) is 4.07. The maximum Gasteiger partial charge on any atom is 0.282 e. The van der Waals surface area contributed by atoms with Crippen LogP contribution in [-0.4, -0.2) is 40.8 Å². The number of halogens is 1. The maximum atomic E-state index is 13.0. The molecule has 0 spiro atoms. The number of hydrogen-bond acceptors (Lipinski definition) is 9. The molecular formula is C18H18FN9OS2. The number of nitrogens with two attached hydrogens (primary N) is 1. The van der Waals surface area contributed by atoms with Crippen molar-refractivity contribution in [3.05, 3.63) is 63.1 Å². The lowest BCUT2D eigenvalue weighted by molar-refractivity contribution is 0.0950. The van der Waals surface area contributed by atoms with Gasteiger partial charge in [0.15, 0.2) is 0 Å². The van der Waals surface area contributed by atoms with Crippen LogP contribution in [0.5, 0.6) is 0 Å². The van der Waals surface area contributed by atoms with Gasteiger partial charge >= 0.3 is 0 Å². The average molecular weight is 460 g/mol. The lowest BCUT2D eigenvalue weighted by atomic mass is 10.2. The van der Waals surface area contributed by atoms with E-state index in [4.69, 9.17) is 5.84 Å². The zero-order valence-electron chi connectivity index (χ0n) is 16.6. The second-order valence-corrected chi connectivity index (χ2v) is 8.59. The lowest BCUT2D eigenvalue weighted by Crippen LogP contribution is -2.22. The van der Waals surface area contributed by atoms with Crippen molar-refractivity contribution >= 4 is 29.0 Å². The van der Waals surface area contributed by atoms with Gasteiger partial charge in [-0.2, -0.15) is 5.10 Å². The van der Waals surface area contributed by atoms with Crippen LogP contribution in [0.4, 0.5) is 4.39 Å². The van der Waals surface area contributed by atoms with E-state index in [1.165, 1.54) is 39.9 Å². The number of carbonyl (C=O) groups is 1. The second-order valence-electron chi connectivity index (χ2n) is 6.59. The molecule has 1 aromatic carbocycles. The van der Waals surface area contributed by atoms with E-state index in [1.807, 2.05) is 19.9 Å². The third-order valence-corrected chi connectivity index (χ3v) is 6.26. The third kappa shape index (κ3) is 4.72. The first kappa shape index (κ1) is 20.9. The number of aromatic nitrogens is 7. The summed E-state index contributed by atoms with van der Waals surface area (Å²) < 4.78 is 15.9. The first-order valence-corrected chi connectivity index (χ1v) is 10.9. The van der Waals surface area contributed by atoms with Crippen LogP contribution >= 0.6 is 23.1 Å². The SMILES string of the molecule is Cc1cc(C)n(-c2nnc(SCc3nnc(C(=O)NCc4ccc(F)cc4)s3)n2N)n1. The zero-order chi connectivity index (χ0) is 22.0. The lowest BCUT2D eigenvalue weighted by Gasteiger charge is -2.04. The number of nitrogens with zero attached hydrogens (tertiary/aromatic N) is 7. The molecule has 10 nitrogen and oxygen atoms in total. The highest BCUT2D eigenvalue weighted by atomic mass is 32.2. The number of aryl methyl sites for hydroxylation is 2. The molecule has 0 aliphatic carbocycles. The molecule has 0 fully saturated rings. The molecule has 160 valence electrons. The van der Waals surface area contributed by atoms with E-state index in [-0.39, 0.29) is 23.3 Å². The van der Waals surface area contributed by atoms with Gasteiger partial charge in [-0.05, 0) is 37.6 Å². The molecular weight excluding hydrogens is 441 g/mol. The van der Waals surface area contributed by atoms with Crippen LogP contribution in [0.25, 0.3) is 5.95 Å². The minimum absolute atomic E-state index is 0.246. The van der Waals surface area contributed by atoms with E-state index in [1.54, 1.807) is 16.8 Å². The number of nitrogens with one attached hydrogen (secondary N) is 1. The van der Waals surface area contributed by atoms with Crippen molar-refractivity contribution in [2.24, 2.45) is 0 Å². The highest BCUT2D eigenvalue weighted by Crippen LogP contribution is 2.23. The summed E-state index contributed by atoms with van der Waals surface area (Å²) in [5.41, 5.74) is 2.54. The van der Waals surface area contributed by atoms with Gasteiger partial charge in [0.2, 0.25) is 10.2 Å². The fraction of sp³-hybridized carbons (Fsp3) is 0.222. The van der Waals surface area contributed by atoms with Crippen molar-refractivity contribution in [3.63, 3.8) is 0 Å². The minimum Gasteiger partial charge on any atom is -0.346 e. The van der Waals surface area contributed by atoms with Crippen molar-refractivity contribution < 1.29 is 9.18 Å². The molecule has 0 saturated heterocycles. The van der Waals surface area contributed by atoms with E-state index in [0.29, 0.717) is 21.9 Å². The molecule has 0 bridgehead atoms. The summed E-state index contributed by atoms with van der Waals surface area (Å²) in [6, 6.07) is 7.84. The van der Waals surface area contributed by atoms with Crippen molar-refractivity contribution in [1.29, 1.82) is 0 Å². The molecule has 0 atom stereocenters. The largest absolute Gasteiger partial charge is 0.346 e. The van der Waals surface area contributed by atoms with Gasteiger partial charge in [-0.15, -0.1) is 20.4 Å². The highest BCUT2D eigenvalue weighted by Gasteiger charge is 2.17. The molecule has 3 aromatic heterocycles. The van der Waals surface area contributed by atoms with Gasteiger partial charge in [0.25, 0.3) is 11.9 Å². The van der Waals surface area contributed by atoms with Crippen molar-refractivity contribution in [3.8, 4) is 5.95 Å². The Morgan fingerprint density at radius 3 is 2.68 bits per heavy atom. The van der Waals surface area contributed by atoms with Gasteiger partial charge in [0.1, 0.15) is 10.8 Å². The Hall–Kier alpha value is -3.32. The molecule has 0 radical (unpaired) electrons. The Balaban J connectivity index is 1.35. The molecule has 1 amide bonds. The van der Waals surface area contributed by atoms with Gasteiger partial charge in [-0.1, -0.05) is 35.2 Å². The smallest absolute Gasteiger partial charge is 0.282 e. The molecule has 3 N–H and O–H groups in total. The fourth-order valence-corrected chi connectivity index (χ4v) is 4.33.